The number of halogens is 2. The molecule has 0 saturated carbocycles. The van der Waals surface area contributed by atoms with Gasteiger partial charge in [-0.2, -0.15) is 0 Å². The first kappa shape index (κ1) is 20.4. The highest BCUT2D eigenvalue weighted by Gasteiger charge is 2.21. The van der Waals surface area contributed by atoms with Crippen molar-refractivity contribution >= 4 is 34.8 Å². The minimum absolute atomic E-state index is 0.1000. The maximum Gasteiger partial charge on any atom is 0.258 e. The van der Waals surface area contributed by atoms with E-state index in [1.807, 2.05) is 6.07 Å². The molecule has 0 saturated heterocycles. The summed E-state index contributed by atoms with van der Waals surface area (Å²) in [6, 6.07) is 19.4. The van der Waals surface area contributed by atoms with Crippen LogP contribution in [0.4, 0.5) is 15.8 Å². The Kier molecular flexibility index (Phi) is 6.46. The van der Waals surface area contributed by atoms with Gasteiger partial charge in [-0.05, 0) is 54.6 Å². The summed E-state index contributed by atoms with van der Waals surface area (Å²) < 4.78 is 18.4. The van der Waals surface area contributed by atoms with Crippen molar-refractivity contribution in [3.8, 4) is 5.75 Å². The van der Waals surface area contributed by atoms with E-state index in [-0.39, 0.29) is 17.5 Å². The predicted molar refractivity (Wildman–Crippen MR) is 111 cm³/mol. The van der Waals surface area contributed by atoms with E-state index in [1.165, 1.54) is 17.0 Å². The van der Waals surface area contributed by atoms with Crippen molar-refractivity contribution in [3.63, 3.8) is 0 Å². The smallest absolute Gasteiger partial charge is 0.258 e. The maximum absolute atomic E-state index is 13.3. The third-order valence-electron chi connectivity index (χ3n) is 4.16. The van der Waals surface area contributed by atoms with Gasteiger partial charge in [0.1, 0.15) is 18.1 Å². The summed E-state index contributed by atoms with van der Waals surface area (Å²) in [6.07, 6.45) is 0. The number of para-hydroxylation sites is 1. The molecule has 0 unspecified atom stereocenters. The second-order valence-electron chi connectivity index (χ2n) is 6.13. The molecule has 0 aliphatic carbocycles. The van der Waals surface area contributed by atoms with Crippen LogP contribution in [0.15, 0.2) is 72.8 Å². The summed E-state index contributed by atoms with van der Waals surface area (Å²) in [5.74, 6) is -0.742. The number of hydrogen-bond acceptors (Lipinski definition) is 3. The Hall–Kier alpha value is -3.38. The van der Waals surface area contributed by atoms with E-state index in [4.69, 9.17) is 16.3 Å². The maximum atomic E-state index is 13.3. The molecule has 0 fully saturated rings. The Labute approximate surface area is 172 Å². The minimum atomic E-state index is -0.578. The van der Waals surface area contributed by atoms with Gasteiger partial charge in [0.15, 0.2) is 0 Å². The fourth-order valence-corrected chi connectivity index (χ4v) is 2.88. The topological polar surface area (TPSA) is 58.6 Å². The van der Waals surface area contributed by atoms with Crippen LogP contribution in [0.2, 0.25) is 5.02 Å². The van der Waals surface area contributed by atoms with Gasteiger partial charge < -0.3 is 10.1 Å². The Bertz CT molecular complexity index is 1010. The fourth-order valence-electron chi connectivity index (χ4n) is 2.70. The molecule has 3 rings (SSSR count). The number of ether oxygens (including phenoxy) is 1. The van der Waals surface area contributed by atoms with Crippen LogP contribution >= 0.6 is 11.6 Å². The van der Waals surface area contributed by atoms with Crippen molar-refractivity contribution in [2.45, 2.75) is 0 Å². The SMILES string of the molecule is COc1ccc(C(=O)N(CC(=O)Nc2ccc(F)c(Cl)c2)c2ccccc2)cc1. The normalized spacial score (nSPS) is 10.3. The zero-order chi connectivity index (χ0) is 20.8. The van der Waals surface area contributed by atoms with Crippen LogP contribution in [0.1, 0.15) is 10.4 Å². The van der Waals surface area contributed by atoms with Gasteiger partial charge in [-0.15, -0.1) is 0 Å². The van der Waals surface area contributed by atoms with Gasteiger partial charge >= 0.3 is 0 Å². The lowest BCUT2D eigenvalue weighted by atomic mass is 10.1. The largest absolute Gasteiger partial charge is 0.497 e. The number of methoxy groups -OCH3 is 1. The number of amides is 2. The molecule has 29 heavy (non-hydrogen) atoms. The van der Waals surface area contributed by atoms with E-state index >= 15 is 0 Å². The summed E-state index contributed by atoms with van der Waals surface area (Å²) >= 11 is 5.75. The molecular formula is C22H18ClFN2O3. The average molecular weight is 413 g/mol. The first-order valence-electron chi connectivity index (χ1n) is 8.74. The third kappa shape index (κ3) is 5.12. The van der Waals surface area contributed by atoms with Crippen molar-refractivity contribution < 1.29 is 18.7 Å². The van der Waals surface area contributed by atoms with Crippen molar-refractivity contribution in [1.82, 2.24) is 0 Å². The molecule has 7 heteroatoms. The van der Waals surface area contributed by atoms with Gasteiger partial charge in [0, 0.05) is 16.9 Å². The minimum Gasteiger partial charge on any atom is -0.497 e. The van der Waals surface area contributed by atoms with Crippen molar-refractivity contribution in [2.24, 2.45) is 0 Å². The van der Waals surface area contributed by atoms with Gasteiger partial charge in [0.2, 0.25) is 5.91 Å². The number of nitrogens with zero attached hydrogens (tertiary/aromatic N) is 1. The van der Waals surface area contributed by atoms with Crippen molar-refractivity contribution in [3.05, 3.63) is 89.2 Å². The molecule has 0 radical (unpaired) electrons. The number of carbonyl (C=O) groups is 2. The van der Waals surface area contributed by atoms with Gasteiger partial charge in [0.25, 0.3) is 5.91 Å². The van der Waals surface area contributed by atoms with Gasteiger partial charge in [-0.1, -0.05) is 29.8 Å². The summed E-state index contributed by atoms with van der Waals surface area (Å²) in [7, 11) is 1.54. The first-order chi connectivity index (χ1) is 14.0. The monoisotopic (exact) mass is 412 g/mol. The number of benzene rings is 3. The van der Waals surface area contributed by atoms with Crippen LogP contribution in [0, 0.1) is 5.82 Å². The Morgan fingerprint density at radius 1 is 1.03 bits per heavy atom. The molecule has 0 atom stereocenters. The third-order valence-corrected chi connectivity index (χ3v) is 4.44. The van der Waals surface area contributed by atoms with E-state index in [0.29, 0.717) is 22.7 Å². The van der Waals surface area contributed by atoms with E-state index in [1.54, 1.807) is 55.6 Å². The standard InChI is InChI=1S/C22H18ClFN2O3/c1-29-18-10-7-15(8-11-18)22(28)26(17-5-3-2-4-6-17)14-21(27)25-16-9-12-20(24)19(23)13-16/h2-13H,14H2,1H3,(H,25,27). The Morgan fingerprint density at radius 2 is 1.72 bits per heavy atom. The lowest BCUT2D eigenvalue weighted by Gasteiger charge is -2.22. The van der Waals surface area contributed by atoms with Gasteiger partial charge in [-0.25, -0.2) is 4.39 Å². The number of carbonyl (C=O) groups excluding carboxylic acids is 2. The summed E-state index contributed by atoms with van der Waals surface area (Å²) in [4.78, 5) is 27.0. The molecule has 0 aliphatic heterocycles. The zero-order valence-corrected chi connectivity index (χ0v) is 16.3. The molecule has 3 aromatic rings. The molecule has 2 amide bonds. The zero-order valence-electron chi connectivity index (χ0n) is 15.6. The highest BCUT2D eigenvalue weighted by molar-refractivity contribution is 6.31. The quantitative estimate of drug-likeness (QED) is 0.634. The second kappa shape index (κ2) is 9.21. The molecule has 0 aliphatic rings. The van der Waals surface area contributed by atoms with Crippen LogP contribution in [0.3, 0.4) is 0 Å². The summed E-state index contributed by atoms with van der Waals surface area (Å²) in [5.41, 5.74) is 1.32. The molecule has 148 valence electrons. The number of hydrogen-bond donors (Lipinski definition) is 1. The summed E-state index contributed by atoms with van der Waals surface area (Å²) in [5, 5.41) is 2.53. The molecule has 0 spiro atoms. The van der Waals surface area contributed by atoms with Gasteiger partial charge in [-0.3, -0.25) is 14.5 Å². The van der Waals surface area contributed by atoms with E-state index in [0.717, 1.165) is 6.07 Å². The lowest BCUT2D eigenvalue weighted by Crippen LogP contribution is -2.38. The molecule has 1 N–H and O–H groups in total. The van der Waals surface area contributed by atoms with E-state index < -0.39 is 11.7 Å². The highest BCUT2D eigenvalue weighted by Crippen LogP contribution is 2.21. The Balaban J connectivity index is 1.82. The van der Waals surface area contributed by atoms with Crippen molar-refractivity contribution in [2.75, 3.05) is 23.9 Å². The molecule has 5 nitrogen and oxygen atoms in total. The van der Waals surface area contributed by atoms with Crippen molar-refractivity contribution in [1.29, 1.82) is 0 Å². The van der Waals surface area contributed by atoms with E-state index in [2.05, 4.69) is 5.32 Å². The molecule has 0 bridgehead atoms. The van der Waals surface area contributed by atoms with E-state index in [9.17, 15) is 14.0 Å². The van der Waals surface area contributed by atoms with Gasteiger partial charge in [0.05, 0.1) is 12.1 Å². The number of rotatable bonds is 6. The fraction of sp³-hybridized carbons (Fsp3) is 0.0909. The molecule has 0 heterocycles. The summed E-state index contributed by atoms with van der Waals surface area (Å²) in [6.45, 7) is -0.232. The highest BCUT2D eigenvalue weighted by atomic mass is 35.5. The molecule has 0 aromatic heterocycles. The van der Waals surface area contributed by atoms with Crippen LogP contribution < -0.4 is 15.0 Å². The van der Waals surface area contributed by atoms with Crippen LogP contribution in [-0.2, 0) is 4.79 Å². The van der Waals surface area contributed by atoms with Crippen LogP contribution in [-0.4, -0.2) is 25.5 Å². The number of nitrogens with one attached hydrogen (secondary N) is 1. The number of anilines is 2. The molecule has 3 aromatic carbocycles. The first-order valence-corrected chi connectivity index (χ1v) is 9.11. The average Bonchev–Trinajstić information content (AvgIpc) is 2.75. The molecular weight excluding hydrogens is 395 g/mol. The second-order valence-corrected chi connectivity index (χ2v) is 6.54. The predicted octanol–water partition coefficient (Wildman–Crippen LogP) is 4.77. The van der Waals surface area contributed by atoms with Crippen LogP contribution in [0.25, 0.3) is 0 Å². The van der Waals surface area contributed by atoms with Crippen LogP contribution in [0.5, 0.6) is 5.75 Å². The lowest BCUT2D eigenvalue weighted by molar-refractivity contribution is -0.114. The Morgan fingerprint density at radius 3 is 2.34 bits per heavy atom.